The highest BCUT2D eigenvalue weighted by Crippen LogP contribution is 2.27. The molecule has 0 N–H and O–H groups in total. The number of aryl methyl sites for hydroxylation is 1. The maximum Gasteiger partial charge on any atom is 0.163 e. The van der Waals surface area contributed by atoms with Crippen molar-refractivity contribution in [3.05, 3.63) is 28.2 Å². The zero-order chi connectivity index (χ0) is 15.7. The lowest BCUT2D eigenvalue weighted by Crippen LogP contribution is -2.38. The van der Waals surface area contributed by atoms with Crippen molar-refractivity contribution in [1.82, 2.24) is 24.6 Å². The van der Waals surface area contributed by atoms with Gasteiger partial charge in [0, 0.05) is 37.5 Å². The van der Waals surface area contributed by atoms with Crippen molar-refractivity contribution >= 4 is 11.3 Å². The monoisotopic (exact) mass is 321 g/mol. The summed E-state index contributed by atoms with van der Waals surface area (Å²) in [6.07, 6.45) is 1.70. The molecule has 1 aliphatic heterocycles. The smallest absolute Gasteiger partial charge is 0.163 e. The average Bonchev–Trinajstić information content (AvgIpc) is 3.07. The maximum absolute atomic E-state index is 5.85. The molecule has 1 atom stereocenters. The Bertz CT molecular complexity index is 630. The molecule has 0 bridgehead atoms. The van der Waals surface area contributed by atoms with Gasteiger partial charge in [0.1, 0.15) is 12.4 Å². The van der Waals surface area contributed by atoms with Crippen molar-refractivity contribution in [2.75, 3.05) is 19.7 Å². The van der Waals surface area contributed by atoms with Crippen molar-refractivity contribution in [2.45, 2.75) is 38.8 Å². The van der Waals surface area contributed by atoms with Gasteiger partial charge in [0.05, 0.1) is 17.3 Å². The second kappa shape index (κ2) is 6.06. The van der Waals surface area contributed by atoms with Gasteiger partial charge in [-0.2, -0.15) is 0 Å². The molecule has 7 heteroatoms. The molecule has 2 aromatic heterocycles. The Balaban J connectivity index is 1.66. The summed E-state index contributed by atoms with van der Waals surface area (Å²) < 4.78 is 7.77. The molecule has 0 radical (unpaired) electrons. The van der Waals surface area contributed by atoms with Crippen molar-refractivity contribution in [2.24, 2.45) is 7.05 Å². The summed E-state index contributed by atoms with van der Waals surface area (Å²) in [4.78, 5) is 7.16. The van der Waals surface area contributed by atoms with E-state index in [2.05, 4.69) is 41.2 Å². The van der Waals surface area contributed by atoms with E-state index in [9.17, 15) is 0 Å². The zero-order valence-electron chi connectivity index (χ0n) is 13.6. The van der Waals surface area contributed by atoms with Gasteiger partial charge in [0.15, 0.2) is 5.82 Å². The van der Waals surface area contributed by atoms with Crippen LogP contribution in [0.3, 0.4) is 0 Å². The van der Waals surface area contributed by atoms with E-state index in [-0.39, 0.29) is 11.5 Å². The minimum atomic E-state index is -0.0121. The van der Waals surface area contributed by atoms with E-state index in [1.807, 2.05) is 11.6 Å². The molecule has 0 amide bonds. The third kappa shape index (κ3) is 3.37. The Labute approximate surface area is 135 Å². The summed E-state index contributed by atoms with van der Waals surface area (Å²) >= 11 is 1.75. The first-order valence-electron chi connectivity index (χ1n) is 7.56. The van der Waals surface area contributed by atoms with Crippen molar-refractivity contribution in [3.8, 4) is 0 Å². The molecule has 1 aliphatic rings. The molecule has 0 saturated carbocycles. The fourth-order valence-corrected chi connectivity index (χ4v) is 3.44. The van der Waals surface area contributed by atoms with E-state index in [1.54, 1.807) is 17.7 Å². The minimum absolute atomic E-state index is 0.0121. The van der Waals surface area contributed by atoms with Gasteiger partial charge in [-0.25, -0.2) is 4.98 Å². The maximum atomic E-state index is 5.85. The van der Waals surface area contributed by atoms with E-state index < -0.39 is 0 Å². The first kappa shape index (κ1) is 15.6. The third-order valence-corrected chi connectivity index (χ3v) is 5.08. The number of nitrogens with zero attached hydrogens (tertiary/aromatic N) is 5. The summed E-state index contributed by atoms with van der Waals surface area (Å²) in [5.41, 5.74) is 1.27. The first-order valence-corrected chi connectivity index (χ1v) is 8.44. The summed E-state index contributed by atoms with van der Waals surface area (Å²) in [5.74, 6) is 0.887. The first-order chi connectivity index (χ1) is 10.4. The topological polar surface area (TPSA) is 56.1 Å². The zero-order valence-corrected chi connectivity index (χ0v) is 14.4. The van der Waals surface area contributed by atoms with Gasteiger partial charge in [-0.3, -0.25) is 4.90 Å². The highest BCUT2D eigenvalue weighted by molar-refractivity contribution is 7.09. The predicted molar refractivity (Wildman–Crippen MR) is 85.8 cm³/mol. The molecular weight excluding hydrogens is 298 g/mol. The molecule has 0 unspecified atom stereocenters. The number of thiazole rings is 1. The Morgan fingerprint density at radius 1 is 1.41 bits per heavy atom. The van der Waals surface area contributed by atoms with Crippen LogP contribution in [-0.2, 0) is 23.7 Å². The van der Waals surface area contributed by atoms with Crippen molar-refractivity contribution in [3.63, 3.8) is 0 Å². The molecule has 22 heavy (non-hydrogen) atoms. The van der Waals surface area contributed by atoms with Crippen LogP contribution >= 0.6 is 11.3 Å². The Morgan fingerprint density at radius 3 is 2.86 bits per heavy atom. The van der Waals surface area contributed by atoms with Crippen LogP contribution in [0, 0.1) is 0 Å². The fraction of sp³-hybridized carbons (Fsp3) is 0.667. The normalized spacial score (nSPS) is 20.5. The van der Waals surface area contributed by atoms with Crippen molar-refractivity contribution < 1.29 is 4.74 Å². The summed E-state index contributed by atoms with van der Waals surface area (Å²) in [6, 6.07) is 0. The molecule has 1 fully saturated rings. The second-order valence-electron chi connectivity index (χ2n) is 6.79. The number of aromatic nitrogens is 4. The highest BCUT2D eigenvalue weighted by Gasteiger charge is 2.26. The Morgan fingerprint density at radius 2 is 2.23 bits per heavy atom. The summed E-state index contributed by atoms with van der Waals surface area (Å²) in [7, 11) is 1.95. The van der Waals surface area contributed by atoms with Crippen LogP contribution in [0.1, 0.15) is 43.4 Å². The van der Waals surface area contributed by atoms with Gasteiger partial charge < -0.3 is 9.30 Å². The standard InChI is InChI=1S/C15H23N5OS/c1-15(2,3)14-17-11(9-22-14)7-20-5-6-21-12(8-20)13-18-16-10-19(13)4/h9-10,12H,5-8H2,1-4H3/t12-/m1/s1. The van der Waals surface area contributed by atoms with E-state index in [0.717, 1.165) is 31.2 Å². The van der Waals surface area contributed by atoms with Crippen LogP contribution in [-0.4, -0.2) is 44.3 Å². The molecule has 6 nitrogen and oxygen atoms in total. The van der Waals surface area contributed by atoms with Gasteiger partial charge in [-0.1, -0.05) is 20.8 Å². The lowest BCUT2D eigenvalue weighted by molar-refractivity contribution is -0.0388. The van der Waals surface area contributed by atoms with Crippen LogP contribution in [0.2, 0.25) is 0 Å². The largest absolute Gasteiger partial charge is 0.368 e. The van der Waals surface area contributed by atoms with Gasteiger partial charge >= 0.3 is 0 Å². The van der Waals surface area contributed by atoms with E-state index >= 15 is 0 Å². The van der Waals surface area contributed by atoms with Crippen LogP contribution in [0.4, 0.5) is 0 Å². The molecule has 3 heterocycles. The lowest BCUT2D eigenvalue weighted by atomic mass is 9.98. The molecular formula is C15H23N5OS. The van der Waals surface area contributed by atoms with Gasteiger partial charge in [0.2, 0.25) is 0 Å². The molecule has 0 aliphatic carbocycles. The van der Waals surface area contributed by atoms with Crippen LogP contribution < -0.4 is 0 Å². The average molecular weight is 321 g/mol. The molecule has 2 aromatic rings. The summed E-state index contributed by atoms with van der Waals surface area (Å²) in [5, 5.41) is 11.5. The van der Waals surface area contributed by atoms with E-state index in [4.69, 9.17) is 9.72 Å². The summed E-state index contributed by atoms with van der Waals surface area (Å²) in [6.45, 7) is 9.95. The van der Waals surface area contributed by atoms with E-state index in [1.165, 1.54) is 5.01 Å². The molecule has 1 saturated heterocycles. The van der Waals surface area contributed by atoms with Gasteiger partial charge in [-0.05, 0) is 0 Å². The van der Waals surface area contributed by atoms with Gasteiger partial charge in [0.25, 0.3) is 0 Å². The lowest BCUT2D eigenvalue weighted by Gasteiger charge is -2.31. The molecule has 0 spiro atoms. The number of hydrogen-bond donors (Lipinski definition) is 0. The predicted octanol–water partition coefficient (Wildman–Crippen LogP) is 2.14. The number of hydrogen-bond acceptors (Lipinski definition) is 6. The highest BCUT2D eigenvalue weighted by atomic mass is 32.1. The van der Waals surface area contributed by atoms with Gasteiger partial charge in [-0.15, -0.1) is 21.5 Å². The number of ether oxygens (including phenoxy) is 1. The van der Waals surface area contributed by atoms with E-state index in [0.29, 0.717) is 6.61 Å². The van der Waals surface area contributed by atoms with Crippen LogP contribution in [0.5, 0.6) is 0 Å². The SMILES string of the molecule is Cn1cnnc1[C@H]1CN(Cc2csc(C(C)(C)C)n2)CCO1. The molecule has 0 aromatic carbocycles. The Hall–Kier alpha value is -1.31. The quantitative estimate of drug-likeness (QED) is 0.867. The fourth-order valence-electron chi connectivity index (χ4n) is 2.54. The second-order valence-corrected chi connectivity index (χ2v) is 7.65. The van der Waals surface area contributed by atoms with Crippen LogP contribution in [0.25, 0.3) is 0 Å². The molecule has 120 valence electrons. The van der Waals surface area contributed by atoms with Crippen LogP contribution in [0.15, 0.2) is 11.7 Å². The number of morpholine rings is 1. The number of rotatable bonds is 3. The third-order valence-electron chi connectivity index (χ3n) is 3.76. The Kier molecular flexibility index (Phi) is 4.29. The minimum Gasteiger partial charge on any atom is -0.368 e. The van der Waals surface area contributed by atoms with Crippen molar-refractivity contribution in [1.29, 1.82) is 0 Å². The molecule has 3 rings (SSSR count).